The van der Waals surface area contributed by atoms with Crippen LogP contribution in [0.1, 0.15) is 12.0 Å². The van der Waals surface area contributed by atoms with E-state index in [-0.39, 0.29) is 5.82 Å². The fraction of sp³-hybridized carbons (Fsp3) is 0.571. The lowest BCUT2D eigenvalue weighted by Gasteiger charge is -2.33. The molecule has 4 heteroatoms. The fourth-order valence-electron chi connectivity index (χ4n) is 2.29. The summed E-state index contributed by atoms with van der Waals surface area (Å²) in [6, 6.07) is 7.30. The van der Waals surface area contributed by atoms with Crippen LogP contribution in [0.2, 0.25) is 0 Å². The highest BCUT2D eigenvalue weighted by atomic mass is 19.1. The van der Waals surface area contributed by atoms with E-state index < -0.39 is 0 Å². The van der Waals surface area contributed by atoms with Crippen LogP contribution in [0.25, 0.3) is 0 Å². The second kappa shape index (κ2) is 6.83. The van der Waals surface area contributed by atoms with Gasteiger partial charge in [-0.2, -0.15) is 0 Å². The van der Waals surface area contributed by atoms with E-state index in [1.165, 1.54) is 12.1 Å². The van der Waals surface area contributed by atoms with Crippen molar-refractivity contribution in [2.75, 3.05) is 33.2 Å². The van der Waals surface area contributed by atoms with Gasteiger partial charge in [0.2, 0.25) is 0 Å². The molecule has 1 fully saturated rings. The molecule has 1 unspecified atom stereocenters. The number of nitrogens with zero attached hydrogens (tertiary/aromatic N) is 1. The summed E-state index contributed by atoms with van der Waals surface area (Å²) in [5, 5.41) is 6.83. The summed E-state index contributed by atoms with van der Waals surface area (Å²) in [7, 11) is 2.19. The first-order valence-corrected chi connectivity index (χ1v) is 6.62. The molecule has 1 aliphatic rings. The second-order valence-electron chi connectivity index (χ2n) is 4.93. The molecule has 0 aliphatic carbocycles. The normalized spacial score (nSPS) is 21.1. The molecule has 1 heterocycles. The maximum Gasteiger partial charge on any atom is 0.123 e. The molecule has 100 valence electrons. The van der Waals surface area contributed by atoms with Gasteiger partial charge < -0.3 is 15.5 Å². The van der Waals surface area contributed by atoms with E-state index in [2.05, 4.69) is 22.6 Å². The zero-order valence-electron chi connectivity index (χ0n) is 11.0. The third kappa shape index (κ3) is 4.05. The highest BCUT2D eigenvalue weighted by molar-refractivity contribution is 5.15. The minimum Gasteiger partial charge on any atom is -0.314 e. The quantitative estimate of drug-likeness (QED) is 0.770. The molecule has 1 saturated heterocycles. The molecule has 0 saturated carbocycles. The second-order valence-corrected chi connectivity index (χ2v) is 4.93. The summed E-state index contributed by atoms with van der Waals surface area (Å²) < 4.78 is 12.7. The monoisotopic (exact) mass is 251 g/mol. The van der Waals surface area contributed by atoms with Crippen LogP contribution < -0.4 is 10.6 Å². The molecule has 0 amide bonds. The summed E-state index contributed by atoms with van der Waals surface area (Å²) in [5.74, 6) is -0.173. The van der Waals surface area contributed by atoms with Crippen LogP contribution in [0, 0.1) is 5.82 Å². The molecule has 1 aromatic rings. The summed E-state index contributed by atoms with van der Waals surface area (Å²) in [4.78, 5) is 2.41. The van der Waals surface area contributed by atoms with E-state index in [1.54, 1.807) is 0 Å². The van der Waals surface area contributed by atoms with Crippen molar-refractivity contribution in [2.45, 2.75) is 19.0 Å². The number of halogens is 1. The zero-order valence-corrected chi connectivity index (χ0v) is 11.0. The first-order valence-electron chi connectivity index (χ1n) is 6.62. The molecule has 3 nitrogen and oxygen atoms in total. The van der Waals surface area contributed by atoms with Gasteiger partial charge in [0.25, 0.3) is 0 Å². The Labute approximate surface area is 108 Å². The Bertz CT molecular complexity index is 353. The van der Waals surface area contributed by atoms with E-state index >= 15 is 0 Å². The van der Waals surface area contributed by atoms with Gasteiger partial charge in [-0.05, 0) is 37.7 Å². The highest BCUT2D eigenvalue weighted by Gasteiger charge is 2.17. The number of nitrogens with one attached hydrogen (secondary N) is 2. The van der Waals surface area contributed by atoms with Crippen molar-refractivity contribution in [2.24, 2.45) is 0 Å². The Hall–Kier alpha value is -0.970. The van der Waals surface area contributed by atoms with Crippen LogP contribution in [0.3, 0.4) is 0 Å². The van der Waals surface area contributed by atoms with E-state index in [0.29, 0.717) is 6.04 Å². The van der Waals surface area contributed by atoms with Gasteiger partial charge in [0.15, 0.2) is 0 Å². The molecule has 0 aromatic heterocycles. The lowest BCUT2D eigenvalue weighted by atomic mass is 10.1. The number of hydrogen-bond acceptors (Lipinski definition) is 3. The Morgan fingerprint density at radius 1 is 1.39 bits per heavy atom. The summed E-state index contributed by atoms with van der Waals surface area (Å²) >= 11 is 0. The number of hydrogen-bond donors (Lipinski definition) is 2. The average molecular weight is 251 g/mol. The molecule has 2 rings (SSSR count). The smallest absolute Gasteiger partial charge is 0.123 e. The van der Waals surface area contributed by atoms with E-state index in [1.807, 2.05) is 12.1 Å². The van der Waals surface area contributed by atoms with Gasteiger partial charge in [0.05, 0.1) is 0 Å². The third-order valence-corrected chi connectivity index (χ3v) is 3.54. The maximum atomic E-state index is 12.7. The molecule has 18 heavy (non-hydrogen) atoms. The SMILES string of the molecule is CN1CCNCC1CCNCc1ccc(F)cc1. The van der Waals surface area contributed by atoms with Crippen LogP contribution in [-0.4, -0.2) is 44.2 Å². The summed E-state index contributed by atoms with van der Waals surface area (Å²) in [6.45, 7) is 5.10. The predicted octanol–water partition coefficient (Wildman–Crippen LogP) is 1.21. The average Bonchev–Trinajstić information content (AvgIpc) is 2.39. The van der Waals surface area contributed by atoms with Crippen LogP contribution >= 0.6 is 0 Å². The van der Waals surface area contributed by atoms with E-state index in [4.69, 9.17) is 0 Å². The number of likely N-dealkylation sites (N-methyl/N-ethyl adjacent to an activating group) is 1. The van der Waals surface area contributed by atoms with Crippen molar-refractivity contribution in [3.8, 4) is 0 Å². The van der Waals surface area contributed by atoms with Gasteiger partial charge in [-0.25, -0.2) is 4.39 Å². The molecule has 1 aromatic carbocycles. The van der Waals surface area contributed by atoms with E-state index in [9.17, 15) is 4.39 Å². The van der Waals surface area contributed by atoms with Crippen molar-refractivity contribution in [1.82, 2.24) is 15.5 Å². The number of benzene rings is 1. The van der Waals surface area contributed by atoms with Gasteiger partial charge in [0.1, 0.15) is 5.82 Å². The minimum atomic E-state index is -0.173. The summed E-state index contributed by atoms with van der Waals surface area (Å²) in [6.07, 6.45) is 1.14. The van der Waals surface area contributed by atoms with E-state index in [0.717, 1.165) is 44.7 Å². The maximum absolute atomic E-state index is 12.7. The number of rotatable bonds is 5. The van der Waals surface area contributed by atoms with Gasteiger partial charge in [-0.1, -0.05) is 12.1 Å². The molecule has 2 N–H and O–H groups in total. The van der Waals surface area contributed by atoms with Gasteiger partial charge in [-0.15, -0.1) is 0 Å². The lowest BCUT2D eigenvalue weighted by Crippen LogP contribution is -2.50. The van der Waals surface area contributed by atoms with Gasteiger partial charge in [-0.3, -0.25) is 0 Å². The van der Waals surface area contributed by atoms with Crippen LogP contribution in [0.5, 0.6) is 0 Å². The number of piperazine rings is 1. The van der Waals surface area contributed by atoms with Crippen LogP contribution in [0.4, 0.5) is 4.39 Å². The van der Waals surface area contributed by atoms with Crippen molar-refractivity contribution in [3.05, 3.63) is 35.6 Å². The molecule has 1 aliphatic heterocycles. The summed E-state index contributed by atoms with van der Waals surface area (Å²) in [5.41, 5.74) is 1.13. The highest BCUT2D eigenvalue weighted by Crippen LogP contribution is 2.05. The topological polar surface area (TPSA) is 27.3 Å². The van der Waals surface area contributed by atoms with Gasteiger partial charge in [0, 0.05) is 32.2 Å². The third-order valence-electron chi connectivity index (χ3n) is 3.54. The molecule has 0 bridgehead atoms. The predicted molar refractivity (Wildman–Crippen MR) is 72.0 cm³/mol. The Morgan fingerprint density at radius 3 is 2.89 bits per heavy atom. The van der Waals surface area contributed by atoms with Crippen LogP contribution in [-0.2, 0) is 6.54 Å². The Kier molecular flexibility index (Phi) is 5.11. The Morgan fingerprint density at radius 2 is 2.17 bits per heavy atom. The van der Waals surface area contributed by atoms with Crippen molar-refractivity contribution < 1.29 is 4.39 Å². The van der Waals surface area contributed by atoms with Crippen molar-refractivity contribution in [1.29, 1.82) is 0 Å². The molecular weight excluding hydrogens is 229 g/mol. The largest absolute Gasteiger partial charge is 0.314 e. The van der Waals surface area contributed by atoms with Crippen molar-refractivity contribution in [3.63, 3.8) is 0 Å². The fourth-order valence-corrected chi connectivity index (χ4v) is 2.29. The Balaban J connectivity index is 1.65. The van der Waals surface area contributed by atoms with Gasteiger partial charge >= 0.3 is 0 Å². The first-order chi connectivity index (χ1) is 8.75. The lowest BCUT2D eigenvalue weighted by molar-refractivity contribution is 0.189. The zero-order chi connectivity index (χ0) is 12.8. The molecule has 0 radical (unpaired) electrons. The molecule has 0 spiro atoms. The van der Waals surface area contributed by atoms with Crippen molar-refractivity contribution >= 4 is 0 Å². The standard InChI is InChI=1S/C14H22FN3/c1-18-9-8-17-11-14(18)6-7-16-10-12-2-4-13(15)5-3-12/h2-5,14,16-17H,6-11H2,1H3. The molecular formula is C14H22FN3. The molecule has 1 atom stereocenters. The first kappa shape index (κ1) is 13.5. The van der Waals surface area contributed by atoms with Crippen LogP contribution in [0.15, 0.2) is 24.3 Å². The minimum absolute atomic E-state index is 0.173.